The summed E-state index contributed by atoms with van der Waals surface area (Å²) in [5, 5.41) is 7.11. The van der Waals surface area contributed by atoms with Crippen LogP contribution in [0.5, 0.6) is 0 Å². The van der Waals surface area contributed by atoms with Crippen LogP contribution in [-0.4, -0.2) is 18.5 Å². The lowest BCUT2D eigenvalue weighted by Gasteiger charge is -2.06. The highest BCUT2D eigenvalue weighted by atomic mass is 16.5. The van der Waals surface area contributed by atoms with Gasteiger partial charge in [-0.25, -0.2) is 4.79 Å². The average Bonchev–Trinajstić information content (AvgIpc) is 2.71. The number of benzene rings is 1. The van der Waals surface area contributed by atoms with Crippen LogP contribution in [0.4, 0.5) is 5.69 Å². The second-order valence-corrected chi connectivity index (χ2v) is 3.69. The molecule has 0 spiro atoms. The molecular weight excluding hydrogens is 220 g/mol. The predicted molar refractivity (Wildman–Crippen MR) is 60.5 cm³/mol. The van der Waals surface area contributed by atoms with Gasteiger partial charge in [-0.05, 0) is 18.6 Å². The van der Waals surface area contributed by atoms with Crippen LogP contribution in [0, 0.1) is 0 Å². The number of nitrogens with zero attached hydrogens (tertiary/aromatic N) is 2. The molecule has 1 aliphatic heterocycles. The number of rotatable bonds is 4. The van der Waals surface area contributed by atoms with Crippen molar-refractivity contribution in [3.05, 3.63) is 29.3 Å². The van der Waals surface area contributed by atoms with E-state index in [2.05, 4.69) is 10.2 Å². The van der Waals surface area contributed by atoms with E-state index in [4.69, 9.17) is 4.74 Å². The Kier molecular flexibility index (Phi) is 3.27. The van der Waals surface area contributed by atoms with Gasteiger partial charge in [0.15, 0.2) is 0 Å². The van der Waals surface area contributed by atoms with Gasteiger partial charge in [-0.3, -0.25) is 4.79 Å². The Labute approximate surface area is 98.5 Å². The van der Waals surface area contributed by atoms with Crippen molar-refractivity contribution in [2.75, 3.05) is 6.61 Å². The van der Waals surface area contributed by atoms with Crippen molar-refractivity contribution in [1.29, 1.82) is 0 Å². The second-order valence-electron chi connectivity index (χ2n) is 3.69. The topological polar surface area (TPSA) is 68.1 Å². The zero-order valence-electron chi connectivity index (χ0n) is 9.47. The summed E-state index contributed by atoms with van der Waals surface area (Å²) in [6, 6.07) is 4.86. The van der Waals surface area contributed by atoms with E-state index in [-0.39, 0.29) is 11.1 Å². The minimum absolute atomic E-state index is 0.244. The Morgan fingerprint density at radius 1 is 1.35 bits per heavy atom. The molecule has 1 aromatic carbocycles. The zero-order chi connectivity index (χ0) is 12.3. The molecule has 2 rings (SSSR count). The van der Waals surface area contributed by atoms with Crippen molar-refractivity contribution in [1.82, 2.24) is 0 Å². The fraction of sp³-hybridized carbons (Fsp3) is 0.333. The third kappa shape index (κ3) is 2.22. The molecule has 1 heterocycles. The molecule has 0 aliphatic carbocycles. The summed E-state index contributed by atoms with van der Waals surface area (Å²) in [4.78, 5) is 23.2. The molecule has 0 N–H and O–H groups in total. The van der Waals surface area contributed by atoms with Crippen molar-refractivity contribution >= 4 is 17.6 Å². The number of esters is 1. The van der Waals surface area contributed by atoms with Crippen molar-refractivity contribution in [2.45, 2.75) is 19.8 Å². The number of carbonyl (C=O) groups is 2. The van der Waals surface area contributed by atoms with E-state index in [1.807, 2.05) is 6.92 Å². The highest BCUT2D eigenvalue weighted by molar-refractivity contribution is 6.10. The van der Waals surface area contributed by atoms with Gasteiger partial charge in [-0.2, -0.15) is 0 Å². The largest absolute Gasteiger partial charge is 0.462 e. The molecule has 0 atom stereocenters. The fourth-order valence-electron chi connectivity index (χ4n) is 1.55. The van der Waals surface area contributed by atoms with E-state index in [1.54, 1.807) is 18.2 Å². The van der Waals surface area contributed by atoms with Crippen LogP contribution in [0.1, 0.15) is 40.5 Å². The third-order valence-corrected chi connectivity index (χ3v) is 2.46. The SMILES string of the molecule is CCCCOC(=O)c1cccc2c1C(=O)N=N2. The van der Waals surface area contributed by atoms with Gasteiger partial charge in [-0.1, -0.05) is 19.4 Å². The van der Waals surface area contributed by atoms with Crippen LogP contribution in [0.2, 0.25) is 0 Å². The smallest absolute Gasteiger partial charge is 0.339 e. The number of hydrogen-bond donors (Lipinski definition) is 0. The molecule has 0 aromatic heterocycles. The summed E-state index contributed by atoms with van der Waals surface area (Å²) in [5.74, 6) is -0.973. The third-order valence-electron chi connectivity index (χ3n) is 2.46. The molecule has 1 aliphatic rings. The zero-order valence-corrected chi connectivity index (χ0v) is 9.47. The molecule has 0 fully saturated rings. The normalized spacial score (nSPS) is 12.6. The summed E-state index contributed by atoms with van der Waals surface area (Å²) in [7, 11) is 0. The predicted octanol–water partition coefficient (Wildman–Crippen LogP) is 2.88. The molecule has 0 saturated carbocycles. The Morgan fingerprint density at radius 2 is 2.18 bits per heavy atom. The number of hydrogen-bond acceptors (Lipinski definition) is 4. The maximum atomic E-state index is 11.8. The van der Waals surface area contributed by atoms with Crippen LogP contribution in [-0.2, 0) is 4.74 Å². The van der Waals surface area contributed by atoms with Crippen molar-refractivity contribution in [3.8, 4) is 0 Å². The molecule has 17 heavy (non-hydrogen) atoms. The van der Waals surface area contributed by atoms with E-state index in [0.717, 1.165) is 12.8 Å². The molecule has 0 unspecified atom stereocenters. The van der Waals surface area contributed by atoms with Gasteiger partial charge in [0, 0.05) is 0 Å². The van der Waals surface area contributed by atoms with E-state index in [0.29, 0.717) is 12.3 Å². The van der Waals surface area contributed by atoms with Crippen molar-refractivity contribution in [3.63, 3.8) is 0 Å². The molecule has 0 radical (unpaired) electrons. The summed E-state index contributed by atoms with van der Waals surface area (Å²) in [5.41, 5.74) is 0.919. The standard InChI is InChI=1S/C12H12N2O3/c1-2-3-7-17-12(16)8-5-4-6-9-10(8)11(15)14-13-9/h4-6H,2-3,7H2,1H3. The van der Waals surface area contributed by atoms with Crippen molar-refractivity contribution < 1.29 is 14.3 Å². The molecule has 88 valence electrons. The van der Waals surface area contributed by atoms with E-state index >= 15 is 0 Å². The monoisotopic (exact) mass is 232 g/mol. The summed E-state index contributed by atoms with van der Waals surface area (Å²) < 4.78 is 5.07. The maximum absolute atomic E-state index is 11.8. The molecular formula is C12H12N2O3. The molecule has 0 saturated heterocycles. The Morgan fingerprint density at radius 3 is 2.94 bits per heavy atom. The number of ether oxygens (including phenoxy) is 1. The van der Waals surface area contributed by atoms with Gasteiger partial charge in [-0.15, -0.1) is 10.2 Å². The number of amides is 1. The molecule has 0 bridgehead atoms. The van der Waals surface area contributed by atoms with Crippen LogP contribution in [0.15, 0.2) is 28.4 Å². The van der Waals surface area contributed by atoms with Crippen LogP contribution in [0.25, 0.3) is 0 Å². The summed E-state index contributed by atoms with van der Waals surface area (Å²) in [6.45, 7) is 2.37. The van der Waals surface area contributed by atoms with Gasteiger partial charge < -0.3 is 4.74 Å². The van der Waals surface area contributed by atoms with Gasteiger partial charge in [0.25, 0.3) is 5.91 Å². The molecule has 1 aromatic rings. The minimum atomic E-state index is -0.490. The fourth-order valence-corrected chi connectivity index (χ4v) is 1.55. The lowest BCUT2D eigenvalue weighted by atomic mass is 10.1. The second kappa shape index (κ2) is 4.86. The molecule has 5 heteroatoms. The molecule has 1 amide bonds. The van der Waals surface area contributed by atoms with Gasteiger partial charge in [0.05, 0.1) is 23.4 Å². The van der Waals surface area contributed by atoms with Gasteiger partial charge in [0.2, 0.25) is 0 Å². The van der Waals surface area contributed by atoms with Gasteiger partial charge >= 0.3 is 5.97 Å². The Bertz CT molecular complexity index is 495. The maximum Gasteiger partial charge on any atom is 0.339 e. The Hall–Kier alpha value is -2.04. The minimum Gasteiger partial charge on any atom is -0.462 e. The first-order valence-corrected chi connectivity index (χ1v) is 5.50. The number of unbranched alkanes of at least 4 members (excludes halogenated alkanes) is 1. The lowest BCUT2D eigenvalue weighted by Crippen LogP contribution is -2.10. The van der Waals surface area contributed by atoms with Crippen LogP contribution < -0.4 is 0 Å². The van der Waals surface area contributed by atoms with E-state index in [1.165, 1.54) is 0 Å². The Balaban J connectivity index is 2.20. The number of carbonyl (C=O) groups excluding carboxylic acids is 2. The highest BCUT2D eigenvalue weighted by Crippen LogP contribution is 2.29. The highest BCUT2D eigenvalue weighted by Gasteiger charge is 2.25. The molecule has 5 nitrogen and oxygen atoms in total. The first-order valence-electron chi connectivity index (χ1n) is 5.50. The van der Waals surface area contributed by atoms with E-state index < -0.39 is 11.9 Å². The van der Waals surface area contributed by atoms with Crippen LogP contribution >= 0.6 is 0 Å². The van der Waals surface area contributed by atoms with Crippen LogP contribution in [0.3, 0.4) is 0 Å². The summed E-state index contributed by atoms with van der Waals surface area (Å²) in [6.07, 6.45) is 1.76. The quantitative estimate of drug-likeness (QED) is 0.592. The number of azo groups is 1. The van der Waals surface area contributed by atoms with Crippen molar-refractivity contribution in [2.24, 2.45) is 10.2 Å². The average molecular weight is 232 g/mol. The first kappa shape index (κ1) is 11.4. The van der Waals surface area contributed by atoms with Gasteiger partial charge in [0.1, 0.15) is 0 Å². The summed E-state index contributed by atoms with van der Waals surface area (Å²) >= 11 is 0. The number of fused-ring (bicyclic) bond motifs is 1. The lowest BCUT2D eigenvalue weighted by molar-refractivity contribution is 0.0497. The first-order chi connectivity index (χ1) is 8.24. The van der Waals surface area contributed by atoms with E-state index in [9.17, 15) is 9.59 Å².